The number of carbonyl (C=O) groups excluding carboxylic acids is 2. The number of rotatable bonds is 5. The van der Waals surface area contributed by atoms with Crippen LogP contribution < -0.4 is 0 Å². The summed E-state index contributed by atoms with van der Waals surface area (Å²) in [6.45, 7) is 3.69. The highest BCUT2D eigenvalue weighted by Crippen LogP contribution is 2.37. The molecule has 1 saturated carbocycles. The molecule has 3 nitrogen and oxygen atoms in total. The minimum Gasteiger partial charge on any atom is -0.454 e. The molecule has 0 aromatic heterocycles. The number of hydrogen-bond acceptors (Lipinski definition) is 3. The molecule has 0 radical (unpaired) electrons. The van der Waals surface area contributed by atoms with Crippen LogP contribution in [0.5, 0.6) is 0 Å². The van der Waals surface area contributed by atoms with Gasteiger partial charge in [0.1, 0.15) is 12.4 Å². The highest BCUT2D eigenvalue weighted by molar-refractivity contribution is 9.10. The molecule has 1 aromatic carbocycles. The van der Waals surface area contributed by atoms with Gasteiger partial charge in [0, 0.05) is 16.3 Å². The van der Waals surface area contributed by atoms with Gasteiger partial charge in [-0.15, -0.1) is 0 Å². The van der Waals surface area contributed by atoms with Crippen molar-refractivity contribution in [3.63, 3.8) is 0 Å². The molecule has 0 spiro atoms. The zero-order valence-electron chi connectivity index (χ0n) is 10.4. The molecular weight excluding hydrogens is 308 g/mol. The van der Waals surface area contributed by atoms with Gasteiger partial charge in [-0.2, -0.15) is 0 Å². The molecule has 1 aromatic rings. The Hall–Kier alpha value is -1.42. The minimum absolute atomic E-state index is 0.0155. The van der Waals surface area contributed by atoms with Gasteiger partial charge in [0.2, 0.25) is 0 Å². The van der Waals surface area contributed by atoms with Crippen molar-refractivity contribution in [1.82, 2.24) is 0 Å². The lowest BCUT2D eigenvalue weighted by Crippen LogP contribution is -2.38. The Labute approximate surface area is 120 Å². The van der Waals surface area contributed by atoms with E-state index >= 15 is 0 Å². The maximum Gasteiger partial charge on any atom is 0.338 e. The van der Waals surface area contributed by atoms with Gasteiger partial charge in [-0.05, 0) is 31.0 Å². The van der Waals surface area contributed by atoms with Crippen LogP contribution in [0.15, 0.2) is 41.4 Å². The van der Waals surface area contributed by atoms with E-state index in [1.54, 1.807) is 24.3 Å². The first-order valence-electron chi connectivity index (χ1n) is 6.20. The standard InChI is InChI=1S/C15H15BrO3/c1-2-14(13-7-6-11(13)9-17)19-15(18)10-4-3-5-12(16)8-10/h2-5,8-9,11,13-14H,1,6-7H2/t11-,13+,14-/m0/s1. The average molecular weight is 323 g/mol. The summed E-state index contributed by atoms with van der Waals surface area (Å²) < 4.78 is 6.27. The van der Waals surface area contributed by atoms with Gasteiger partial charge in [0.25, 0.3) is 0 Å². The molecule has 0 N–H and O–H groups in total. The minimum atomic E-state index is -0.393. The molecule has 3 atom stereocenters. The van der Waals surface area contributed by atoms with Crippen LogP contribution in [0.1, 0.15) is 23.2 Å². The van der Waals surface area contributed by atoms with Gasteiger partial charge in [-0.1, -0.05) is 34.7 Å². The molecular formula is C15H15BrO3. The van der Waals surface area contributed by atoms with Crippen molar-refractivity contribution in [3.8, 4) is 0 Å². The highest BCUT2D eigenvalue weighted by atomic mass is 79.9. The van der Waals surface area contributed by atoms with E-state index in [4.69, 9.17) is 4.74 Å². The summed E-state index contributed by atoms with van der Waals surface area (Å²) >= 11 is 3.31. The van der Waals surface area contributed by atoms with Gasteiger partial charge in [-0.25, -0.2) is 4.79 Å². The zero-order chi connectivity index (χ0) is 13.8. The second-order valence-corrected chi connectivity index (χ2v) is 5.57. The third kappa shape index (κ3) is 3.13. The van der Waals surface area contributed by atoms with E-state index in [1.807, 2.05) is 6.07 Å². The summed E-state index contributed by atoms with van der Waals surface area (Å²) in [5, 5.41) is 0. The Morgan fingerprint density at radius 3 is 2.79 bits per heavy atom. The van der Waals surface area contributed by atoms with Gasteiger partial charge in [0.15, 0.2) is 0 Å². The van der Waals surface area contributed by atoms with E-state index in [0.717, 1.165) is 23.6 Å². The number of hydrogen-bond donors (Lipinski definition) is 0. The van der Waals surface area contributed by atoms with Crippen molar-refractivity contribution in [2.24, 2.45) is 11.8 Å². The quantitative estimate of drug-likeness (QED) is 0.474. The summed E-state index contributed by atoms with van der Waals surface area (Å²) in [5.41, 5.74) is 0.489. The topological polar surface area (TPSA) is 43.4 Å². The molecule has 0 saturated heterocycles. The third-order valence-electron chi connectivity index (χ3n) is 3.52. The summed E-state index contributed by atoms with van der Waals surface area (Å²) in [6, 6.07) is 7.03. The molecule has 0 unspecified atom stereocenters. The van der Waals surface area contributed by atoms with Crippen LogP contribution in [0.2, 0.25) is 0 Å². The predicted octanol–water partition coefficient (Wildman–Crippen LogP) is 3.39. The number of esters is 1. The van der Waals surface area contributed by atoms with E-state index in [-0.39, 0.29) is 17.8 Å². The maximum absolute atomic E-state index is 12.0. The second kappa shape index (κ2) is 6.15. The Morgan fingerprint density at radius 1 is 1.47 bits per heavy atom. The van der Waals surface area contributed by atoms with E-state index in [9.17, 15) is 9.59 Å². The molecule has 0 bridgehead atoms. The molecule has 100 valence electrons. The third-order valence-corrected chi connectivity index (χ3v) is 4.01. The molecule has 0 aliphatic heterocycles. The smallest absolute Gasteiger partial charge is 0.338 e. The Bertz CT molecular complexity index is 498. The first kappa shape index (κ1) is 14.0. The molecule has 19 heavy (non-hydrogen) atoms. The largest absolute Gasteiger partial charge is 0.454 e. The van der Waals surface area contributed by atoms with Gasteiger partial charge < -0.3 is 9.53 Å². The normalized spacial score (nSPS) is 23.0. The zero-order valence-corrected chi connectivity index (χ0v) is 12.0. The lowest BCUT2D eigenvalue weighted by atomic mass is 9.71. The number of carbonyl (C=O) groups is 2. The number of halogens is 1. The van der Waals surface area contributed by atoms with Crippen molar-refractivity contribution in [3.05, 3.63) is 47.0 Å². The van der Waals surface area contributed by atoms with Crippen molar-refractivity contribution in [1.29, 1.82) is 0 Å². The van der Waals surface area contributed by atoms with Crippen LogP contribution in [0.3, 0.4) is 0 Å². The van der Waals surface area contributed by atoms with Gasteiger partial charge >= 0.3 is 5.97 Å². The van der Waals surface area contributed by atoms with Crippen LogP contribution in [-0.4, -0.2) is 18.4 Å². The monoisotopic (exact) mass is 322 g/mol. The van der Waals surface area contributed by atoms with Gasteiger partial charge in [-0.3, -0.25) is 0 Å². The van der Waals surface area contributed by atoms with Crippen molar-refractivity contribution < 1.29 is 14.3 Å². The highest BCUT2D eigenvalue weighted by Gasteiger charge is 2.37. The fourth-order valence-electron chi connectivity index (χ4n) is 2.25. The molecule has 1 aliphatic rings. The van der Waals surface area contributed by atoms with Crippen molar-refractivity contribution >= 4 is 28.2 Å². The Morgan fingerprint density at radius 2 is 2.26 bits per heavy atom. The maximum atomic E-state index is 12.0. The summed E-state index contributed by atoms with van der Waals surface area (Å²) in [6.07, 6.45) is 3.92. The molecule has 4 heteroatoms. The number of benzene rings is 1. The van der Waals surface area contributed by atoms with E-state index in [2.05, 4.69) is 22.5 Å². The Balaban J connectivity index is 2.04. The number of aldehydes is 1. The van der Waals surface area contributed by atoms with Crippen LogP contribution >= 0.6 is 15.9 Å². The molecule has 1 fully saturated rings. The lowest BCUT2D eigenvalue weighted by Gasteiger charge is -2.36. The SMILES string of the molecule is C=C[C@H](OC(=O)c1cccc(Br)c1)[C@@H]1CC[C@H]1C=O. The first-order chi connectivity index (χ1) is 9.15. The van der Waals surface area contributed by atoms with Crippen LogP contribution in [0.4, 0.5) is 0 Å². The Kier molecular flexibility index (Phi) is 4.53. The molecule has 0 heterocycles. The summed E-state index contributed by atoms with van der Waals surface area (Å²) in [5.74, 6) is -0.327. The van der Waals surface area contributed by atoms with Gasteiger partial charge in [0.05, 0.1) is 5.56 Å². The van der Waals surface area contributed by atoms with E-state index in [1.165, 1.54) is 0 Å². The fourth-order valence-corrected chi connectivity index (χ4v) is 2.65. The van der Waals surface area contributed by atoms with Crippen molar-refractivity contribution in [2.45, 2.75) is 18.9 Å². The predicted molar refractivity (Wildman–Crippen MR) is 75.8 cm³/mol. The van der Waals surface area contributed by atoms with Crippen LogP contribution in [-0.2, 0) is 9.53 Å². The summed E-state index contributed by atoms with van der Waals surface area (Å²) in [7, 11) is 0. The van der Waals surface area contributed by atoms with Crippen LogP contribution in [0, 0.1) is 11.8 Å². The summed E-state index contributed by atoms with van der Waals surface area (Å²) in [4.78, 5) is 22.9. The number of ether oxygens (including phenoxy) is 1. The van der Waals surface area contributed by atoms with Crippen LogP contribution in [0.25, 0.3) is 0 Å². The second-order valence-electron chi connectivity index (χ2n) is 4.66. The average Bonchev–Trinajstić information content (AvgIpc) is 2.37. The fraction of sp³-hybridized carbons (Fsp3) is 0.333. The van der Waals surface area contributed by atoms with Crippen molar-refractivity contribution in [2.75, 3.05) is 0 Å². The van der Waals surface area contributed by atoms with E-state index < -0.39 is 6.10 Å². The molecule has 2 rings (SSSR count). The lowest BCUT2D eigenvalue weighted by molar-refractivity contribution is -0.118. The first-order valence-corrected chi connectivity index (χ1v) is 6.99. The van der Waals surface area contributed by atoms with E-state index in [0.29, 0.717) is 5.56 Å². The molecule has 0 amide bonds. The molecule has 1 aliphatic carbocycles.